The van der Waals surface area contributed by atoms with Gasteiger partial charge in [-0.2, -0.15) is 0 Å². The number of carbonyl (C=O) groups is 1. The quantitative estimate of drug-likeness (QED) is 0.582. The smallest absolute Gasteiger partial charge is 0.308 e. The number of hydrogen-bond donors (Lipinski definition) is 1. The molecule has 6 heteroatoms. The molecule has 0 bridgehead atoms. The third-order valence-electron chi connectivity index (χ3n) is 4.51. The number of hydrogen-bond acceptors (Lipinski definition) is 5. The number of aliphatic hydroxyl groups is 1. The van der Waals surface area contributed by atoms with E-state index in [2.05, 4.69) is 27.8 Å². The molecule has 1 fully saturated rings. The number of halogens is 1. The summed E-state index contributed by atoms with van der Waals surface area (Å²) in [6, 6.07) is 0. The summed E-state index contributed by atoms with van der Waals surface area (Å²) in [4.78, 5) is 16.3. The van der Waals surface area contributed by atoms with Crippen molar-refractivity contribution in [2.45, 2.75) is 58.0 Å². The van der Waals surface area contributed by atoms with Gasteiger partial charge >= 0.3 is 5.97 Å². The van der Waals surface area contributed by atoms with Crippen LogP contribution in [-0.4, -0.2) is 22.7 Å². The second-order valence-electron chi connectivity index (χ2n) is 6.19. The number of unbranched alkanes of at least 4 members (excludes halogenated alkanes) is 1. The van der Waals surface area contributed by atoms with E-state index in [9.17, 15) is 9.90 Å². The number of esters is 1. The number of rotatable bonds is 6. The lowest BCUT2D eigenvalue weighted by Crippen LogP contribution is -2.36. The lowest BCUT2D eigenvalue weighted by molar-refractivity contribution is -0.151. The second-order valence-corrected chi connectivity index (χ2v) is 8.60. The van der Waals surface area contributed by atoms with Crippen LogP contribution >= 0.6 is 27.3 Å². The first kappa shape index (κ1) is 17.9. The van der Waals surface area contributed by atoms with E-state index in [0.717, 1.165) is 47.3 Å². The molecule has 0 spiro atoms. The van der Waals surface area contributed by atoms with E-state index in [0.29, 0.717) is 6.61 Å². The van der Waals surface area contributed by atoms with E-state index in [-0.39, 0.29) is 17.8 Å². The van der Waals surface area contributed by atoms with Crippen molar-refractivity contribution in [3.8, 4) is 0 Å². The number of aromatic nitrogens is 1. The van der Waals surface area contributed by atoms with Crippen molar-refractivity contribution in [2.24, 2.45) is 11.8 Å². The van der Waals surface area contributed by atoms with Crippen LogP contribution < -0.4 is 0 Å². The minimum absolute atomic E-state index is 0.00747. The van der Waals surface area contributed by atoms with Crippen molar-refractivity contribution in [3.63, 3.8) is 0 Å². The van der Waals surface area contributed by atoms with E-state index in [1.807, 2.05) is 6.92 Å². The molecule has 1 aromatic rings. The Bertz CT molecular complexity index is 495. The molecular weight excluding hydrogens is 366 g/mol. The van der Waals surface area contributed by atoms with Crippen LogP contribution in [0.25, 0.3) is 0 Å². The topological polar surface area (TPSA) is 59.4 Å². The maximum atomic E-state index is 12.0. The molecule has 0 aliphatic heterocycles. The van der Waals surface area contributed by atoms with Gasteiger partial charge in [-0.25, -0.2) is 4.98 Å². The standard InChI is InChI=1S/C16H24BrNO3S/c1-3-4-9-21-14(19)11-5-7-12(8-6-11)16(2,20)15-18-10-13(17)22-15/h10-12,20H,3-9H2,1-2H3/t11?,12?,16-/m1/s1. The SMILES string of the molecule is CCCCOC(=O)C1CCC([C@@](C)(O)c2ncc(Br)s2)CC1. The van der Waals surface area contributed by atoms with E-state index < -0.39 is 5.60 Å². The number of carbonyl (C=O) groups excluding carboxylic acids is 1. The molecule has 1 heterocycles. The second kappa shape index (κ2) is 7.88. The van der Waals surface area contributed by atoms with E-state index in [4.69, 9.17) is 4.74 Å². The Morgan fingerprint density at radius 2 is 2.18 bits per heavy atom. The Hall–Kier alpha value is -0.460. The largest absolute Gasteiger partial charge is 0.465 e. The van der Waals surface area contributed by atoms with Gasteiger partial charge in [0.25, 0.3) is 0 Å². The van der Waals surface area contributed by atoms with Gasteiger partial charge in [-0.15, -0.1) is 11.3 Å². The fourth-order valence-corrected chi connectivity index (χ4v) is 4.32. The van der Waals surface area contributed by atoms with Crippen LogP contribution in [0.15, 0.2) is 9.98 Å². The molecule has 0 aromatic carbocycles. The van der Waals surface area contributed by atoms with Gasteiger partial charge in [0.1, 0.15) is 10.6 Å². The monoisotopic (exact) mass is 389 g/mol. The molecule has 1 aliphatic rings. The first-order valence-electron chi connectivity index (χ1n) is 7.96. The zero-order chi connectivity index (χ0) is 16.2. The Labute approximate surface area is 144 Å². The Kier molecular flexibility index (Phi) is 6.41. The average Bonchev–Trinajstić information content (AvgIpc) is 2.95. The molecule has 0 radical (unpaired) electrons. The van der Waals surface area contributed by atoms with Crippen molar-refractivity contribution in [2.75, 3.05) is 6.61 Å². The summed E-state index contributed by atoms with van der Waals surface area (Å²) in [6.07, 6.45) is 6.93. The first-order valence-corrected chi connectivity index (χ1v) is 9.57. The maximum Gasteiger partial charge on any atom is 0.308 e. The predicted molar refractivity (Wildman–Crippen MR) is 90.7 cm³/mol. The minimum atomic E-state index is -0.923. The Morgan fingerprint density at radius 3 is 2.73 bits per heavy atom. The minimum Gasteiger partial charge on any atom is -0.465 e. The summed E-state index contributed by atoms with van der Waals surface area (Å²) in [5.74, 6) is 0.0701. The van der Waals surface area contributed by atoms with Crippen molar-refractivity contribution >= 4 is 33.2 Å². The molecule has 0 saturated heterocycles. The summed E-state index contributed by atoms with van der Waals surface area (Å²) in [5, 5.41) is 11.6. The van der Waals surface area contributed by atoms with E-state index in [1.165, 1.54) is 11.3 Å². The third kappa shape index (κ3) is 4.30. The van der Waals surface area contributed by atoms with Gasteiger partial charge in [-0.05, 0) is 60.9 Å². The lowest BCUT2D eigenvalue weighted by atomic mass is 9.74. The summed E-state index contributed by atoms with van der Waals surface area (Å²) >= 11 is 4.86. The summed E-state index contributed by atoms with van der Waals surface area (Å²) in [7, 11) is 0. The number of thiazole rings is 1. The average molecular weight is 390 g/mol. The zero-order valence-corrected chi connectivity index (χ0v) is 15.6. The molecule has 124 valence electrons. The van der Waals surface area contributed by atoms with Gasteiger partial charge in [0.05, 0.1) is 22.5 Å². The van der Waals surface area contributed by atoms with Gasteiger partial charge < -0.3 is 9.84 Å². The zero-order valence-electron chi connectivity index (χ0n) is 13.2. The van der Waals surface area contributed by atoms with Crippen molar-refractivity contribution in [1.82, 2.24) is 4.98 Å². The Balaban J connectivity index is 1.87. The van der Waals surface area contributed by atoms with Gasteiger partial charge in [-0.1, -0.05) is 13.3 Å². The molecule has 1 N–H and O–H groups in total. The van der Waals surface area contributed by atoms with E-state index in [1.54, 1.807) is 6.20 Å². The summed E-state index contributed by atoms with van der Waals surface area (Å²) in [5.41, 5.74) is -0.923. The van der Waals surface area contributed by atoms with Crippen molar-refractivity contribution in [1.29, 1.82) is 0 Å². The predicted octanol–water partition coefficient (Wildman–Crippen LogP) is 4.26. The fraction of sp³-hybridized carbons (Fsp3) is 0.750. The first-order chi connectivity index (χ1) is 10.4. The third-order valence-corrected chi connectivity index (χ3v) is 6.21. The molecule has 4 nitrogen and oxygen atoms in total. The number of ether oxygens (including phenoxy) is 1. The molecule has 0 unspecified atom stereocenters. The van der Waals surface area contributed by atoms with Crippen molar-refractivity contribution in [3.05, 3.63) is 15.0 Å². The van der Waals surface area contributed by atoms with Crippen LogP contribution in [0.5, 0.6) is 0 Å². The van der Waals surface area contributed by atoms with Crippen LogP contribution in [-0.2, 0) is 15.1 Å². The highest BCUT2D eigenvalue weighted by atomic mass is 79.9. The van der Waals surface area contributed by atoms with Crippen LogP contribution in [0, 0.1) is 11.8 Å². The van der Waals surface area contributed by atoms with Gasteiger partial charge in [-0.3, -0.25) is 4.79 Å². The molecular formula is C16H24BrNO3S. The highest BCUT2D eigenvalue weighted by molar-refractivity contribution is 9.11. The van der Waals surface area contributed by atoms with Crippen LogP contribution in [0.4, 0.5) is 0 Å². The molecule has 0 amide bonds. The summed E-state index contributed by atoms with van der Waals surface area (Å²) < 4.78 is 6.24. The molecule has 1 atom stereocenters. The summed E-state index contributed by atoms with van der Waals surface area (Å²) in [6.45, 7) is 4.45. The molecule has 1 aliphatic carbocycles. The lowest BCUT2D eigenvalue weighted by Gasteiger charge is -2.36. The molecule has 2 rings (SSSR count). The van der Waals surface area contributed by atoms with Gasteiger partial charge in [0.15, 0.2) is 0 Å². The van der Waals surface area contributed by atoms with Crippen LogP contribution in [0.2, 0.25) is 0 Å². The van der Waals surface area contributed by atoms with E-state index >= 15 is 0 Å². The molecule has 1 aromatic heterocycles. The number of nitrogens with zero attached hydrogens (tertiary/aromatic N) is 1. The van der Waals surface area contributed by atoms with Crippen LogP contribution in [0.1, 0.15) is 57.4 Å². The van der Waals surface area contributed by atoms with Gasteiger partial charge in [0, 0.05) is 0 Å². The molecule has 22 heavy (non-hydrogen) atoms. The van der Waals surface area contributed by atoms with Crippen LogP contribution in [0.3, 0.4) is 0 Å². The van der Waals surface area contributed by atoms with Gasteiger partial charge in [0.2, 0.25) is 0 Å². The molecule has 1 saturated carbocycles. The maximum absolute atomic E-state index is 12.0. The normalized spacial score (nSPS) is 24.7. The highest BCUT2D eigenvalue weighted by Gasteiger charge is 2.40. The Morgan fingerprint density at radius 1 is 1.50 bits per heavy atom. The van der Waals surface area contributed by atoms with Crippen molar-refractivity contribution < 1.29 is 14.6 Å². The fourth-order valence-electron chi connectivity index (χ4n) is 2.99. The highest BCUT2D eigenvalue weighted by Crippen LogP contribution is 2.42.